The molecule has 0 aromatic carbocycles. The Morgan fingerprint density at radius 1 is 1.40 bits per heavy atom. The van der Waals surface area contributed by atoms with Crippen LogP contribution < -0.4 is 0 Å². The van der Waals surface area contributed by atoms with Gasteiger partial charge in [0.1, 0.15) is 6.61 Å². The fourth-order valence-electron chi connectivity index (χ4n) is 1.86. The number of allylic oxidation sites excluding steroid dienone is 1. The molecule has 0 radical (unpaired) electrons. The lowest BCUT2D eigenvalue weighted by Gasteiger charge is -2.10. The molecular formula is C11H9NO2S. The van der Waals surface area contributed by atoms with Crippen LogP contribution >= 0.6 is 11.8 Å². The smallest absolute Gasteiger partial charge is 0.270 e. The molecule has 76 valence electrons. The molecule has 3 aliphatic heterocycles. The van der Waals surface area contributed by atoms with Gasteiger partial charge in [0.2, 0.25) is 0 Å². The van der Waals surface area contributed by atoms with Crippen LogP contribution in [0.25, 0.3) is 0 Å². The fraction of sp³-hybridized carbons (Fsp3) is 0.273. The van der Waals surface area contributed by atoms with Crippen molar-refractivity contribution < 1.29 is 9.53 Å². The predicted molar refractivity (Wildman–Crippen MR) is 59.7 cm³/mol. The number of rotatable bonds is 0. The summed E-state index contributed by atoms with van der Waals surface area (Å²) in [7, 11) is 0. The molecule has 0 aromatic rings. The lowest BCUT2D eigenvalue weighted by molar-refractivity contribution is -0.113. The average molecular weight is 219 g/mol. The minimum atomic E-state index is -0.190. The molecule has 1 saturated heterocycles. The van der Waals surface area contributed by atoms with Crippen LogP contribution in [0.4, 0.5) is 0 Å². The molecule has 3 rings (SSSR count). The van der Waals surface area contributed by atoms with Crippen molar-refractivity contribution in [1.29, 1.82) is 0 Å². The molecule has 4 heteroatoms. The topological polar surface area (TPSA) is 38.7 Å². The Kier molecular flexibility index (Phi) is 2.02. The van der Waals surface area contributed by atoms with Crippen molar-refractivity contribution in [3.8, 4) is 0 Å². The summed E-state index contributed by atoms with van der Waals surface area (Å²) in [5, 5.41) is 0. The van der Waals surface area contributed by atoms with E-state index in [4.69, 9.17) is 4.74 Å². The van der Waals surface area contributed by atoms with Crippen molar-refractivity contribution in [2.45, 2.75) is 6.42 Å². The number of amides is 1. The van der Waals surface area contributed by atoms with E-state index in [0.717, 1.165) is 23.3 Å². The fourth-order valence-corrected chi connectivity index (χ4v) is 3.06. The third-order valence-corrected chi connectivity index (χ3v) is 3.76. The maximum Gasteiger partial charge on any atom is 0.270 e. The van der Waals surface area contributed by atoms with E-state index < -0.39 is 0 Å². The van der Waals surface area contributed by atoms with Crippen LogP contribution in [0.5, 0.6) is 0 Å². The van der Waals surface area contributed by atoms with Gasteiger partial charge < -0.3 is 4.74 Å². The summed E-state index contributed by atoms with van der Waals surface area (Å²) in [6.07, 6.45) is 6.10. The molecule has 0 unspecified atom stereocenters. The van der Waals surface area contributed by atoms with Crippen LogP contribution in [0.2, 0.25) is 0 Å². The van der Waals surface area contributed by atoms with E-state index in [9.17, 15) is 4.79 Å². The molecule has 0 atom stereocenters. The van der Waals surface area contributed by atoms with Gasteiger partial charge in [0.15, 0.2) is 0 Å². The van der Waals surface area contributed by atoms with Gasteiger partial charge in [0.05, 0.1) is 6.26 Å². The second-order valence-electron chi connectivity index (χ2n) is 3.56. The van der Waals surface area contributed by atoms with E-state index in [1.54, 1.807) is 12.3 Å². The van der Waals surface area contributed by atoms with Gasteiger partial charge in [-0.1, -0.05) is 0 Å². The Balaban J connectivity index is 2.14. The Morgan fingerprint density at radius 2 is 2.33 bits per heavy atom. The molecule has 1 fully saturated rings. The average Bonchev–Trinajstić information content (AvgIpc) is 2.61. The normalized spacial score (nSPS) is 23.9. The quantitative estimate of drug-likeness (QED) is 0.624. The third-order valence-electron chi connectivity index (χ3n) is 2.58. The predicted octanol–water partition coefficient (Wildman–Crippen LogP) is 1.83. The number of carbonyl (C=O) groups excluding carboxylic acids is 1. The number of thioether (sulfide) groups is 1. The SMILES string of the molecule is O=C1C=C2COC=C3CCSC3=C2C=N1. The molecule has 0 bridgehead atoms. The number of ether oxygens (including phenoxy) is 1. The standard InChI is InChI=1S/C11H9NO2S/c13-10-3-8-6-14-5-7-1-2-15-11(7)9(8)4-12-10/h3-5H,1-2,6H2. The van der Waals surface area contributed by atoms with E-state index in [1.165, 1.54) is 10.5 Å². The summed E-state index contributed by atoms with van der Waals surface area (Å²) in [4.78, 5) is 16.2. The zero-order valence-electron chi connectivity index (χ0n) is 8.03. The summed E-state index contributed by atoms with van der Waals surface area (Å²) < 4.78 is 5.43. The summed E-state index contributed by atoms with van der Waals surface area (Å²) >= 11 is 1.81. The minimum Gasteiger partial charge on any atom is -0.496 e. The first-order valence-electron chi connectivity index (χ1n) is 4.81. The number of dihydropyridines is 1. The number of hydrogen-bond donors (Lipinski definition) is 0. The van der Waals surface area contributed by atoms with Gasteiger partial charge in [-0.25, -0.2) is 4.99 Å². The van der Waals surface area contributed by atoms with Gasteiger partial charge in [0, 0.05) is 39.7 Å². The molecule has 0 saturated carbocycles. The number of aliphatic imine (C=N–C) groups is 1. The number of hydrogen-bond acceptors (Lipinski definition) is 3. The van der Waals surface area contributed by atoms with Crippen LogP contribution in [0.3, 0.4) is 0 Å². The summed E-state index contributed by atoms with van der Waals surface area (Å²) in [5.74, 6) is 0.896. The summed E-state index contributed by atoms with van der Waals surface area (Å²) in [6.45, 7) is 0.473. The van der Waals surface area contributed by atoms with E-state index in [1.807, 2.05) is 18.0 Å². The lowest BCUT2D eigenvalue weighted by Crippen LogP contribution is -2.07. The third kappa shape index (κ3) is 1.45. The molecule has 3 nitrogen and oxygen atoms in total. The Hall–Kier alpha value is -1.29. The molecule has 0 spiro atoms. The Bertz CT molecular complexity index is 457. The summed E-state index contributed by atoms with van der Waals surface area (Å²) in [6, 6.07) is 0. The maximum atomic E-state index is 11.1. The van der Waals surface area contributed by atoms with Crippen LogP contribution in [0.1, 0.15) is 6.42 Å². The molecule has 1 amide bonds. The summed E-state index contributed by atoms with van der Waals surface area (Å²) in [5.41, 5.74) is 3.26. The highest BCUT2D eigenvalue weighted by Gasteiger charge is 2.25. The molecule has 0 aromatic heterocycles. The largest absolute Gasteiger partial charge is 0.496 e. The van der Waals surface area contributed by atoms with Crippen molar-refractivity contribution in [3.05, 3.63) is 34.0 Å². The van der Waals surface area contributed by atoms with Crippen LogP contribution in [0, 0.1) is 0 Å². The highest BCUT2D eigenvalue weighted by Crippen LogP contribution is 2.41. The van der Waals surface area contributed by atoms with Crippen molar-refractivity contribution in [3.63, 3.8) is 0 Å². The molecule has 15 heavy (non-hydrogen) atoms. The molecule has 3 heterocycles. The minimum absolute atomic E-state index is 0.190. The first-order chi connectivity index (χ1) is 7.34. The highest BCUT2D eigenvalue weighted by molar-refractivity contribution is 8.03. The Labute approximate surface area is 91.6 Å². The van der Waals surface area contributed by atoms with E-state index in [-0.39, 0.29) is 5.91 Å². The lowest BCUT2D eigenvalue weighted by atomic mass is 10.0. The van der Waals surface area contributed by atoms with Crippen molar-refractivity contribution in [1.82, 2.24) is 0 Å². The second kappa shape index (κ2) is 3.38. The molecule has 0 aliphatic carbocycles. The van der Waals surface area contributed by atoms with Crippen molar-refractivity contribution in [2.24, 2.45) is 4.99 Å². The Morgan fingerprint density at radius 3 is 3.27 bits per heavy atom. The molecule has 0 N–H and O–H groups in total. The number of carbonyl (C=O) groups is 1. The maximum absolute atomic E-state index is 11.1. The molecular weight excluding hydrogens is 210 g/mol. The van der Waals surface area contributed by atoms with E-state index in [0.29, 0.717) is 6.61 Å². The number of nitrogens with zero attached hydrogens (tertiary/aromatic N) is 1. The van der Waals surface area contributed by atoms with Crippen LogP contribution in [0.15, 0.2) is 39.0 Å². The van der Waals surface area contributed by atoms with E-state index >= 15 is 0 Å². The van der Waals surface area contributed by atoms with Gasteiger partial charge in [-0.05, 0) is 6.42 Å². The first kappa shape index (κ1) is 8.97. The zero-order chi connectivity index (χ0) is 10.3. The van der Waals surface area contributed by atoms with E-state index in [2.05, 4.69) is 4.99 Å². The van der Waals surface area contributed by atoms with Crippen molar-refractivity contribution in [2.75, 3.05) is 12.4 Å². The molecule has 3 aliphatic rings. The van der Waals surface area contributed by atoms with Gasteiger partial charge in [0.25, 0.3) is 5.91 Å². The van der Waals surface area contributed by atoms with Gasteiger partial charge >= 0.3 is 0 Å². The number of fused-ring (bicyclic) bond motifs is 2. The first-order valence-corrected chi connectivity index (χ1v) is 5.80. The van der Waals surface area contributed by atoms with Gasteiger partial charge in [-0.3, -0.25) is 4.79 Å². The monoisotopic (exact) mass is 219 g/mol. The van der Waals surface area contributed by atoms with Crippen LogP contribution in [-0.4, -0.2) is 24.5 Å². The second-order valence-corrected chi connectivity index (χ2v) is 4.67. The highest BCUT2D eigenvalue weighted by atomic mass is 32.2. The van der Waals surface area contributed by atoms with Gasteiger partial charge in [-0.2, -0.15) is 0 Å². The van der Waals surface area contributed by atoms with Crippen molar-refractivity contribution >= 4 is 23.9 Å². The van der Waals surface area contributed by atoms with Gasteiger partial charge in [-0.15, -0.1) is 11.8 Å². The zero-order valence-corrected chi connectivity index (χ0v) is 8.84. The van der Waals surface area contributed by atoms with Crippen LogP contribution in [-0.2, 0) is 9.53 Å².